The van der Waals surface area contributed by atoms with E-state index in [2.05, 4.69) is 12.2 Å². The zero-order valence-corrected chi connectivity index (χ0v) is 9.96. The van der Waals surface area contributed by atoms with Gasteiger partial charge in [0, 0.05) is 26.4 Å². The molecule has 0 aliphatic carbocycles. The summed E-state index contributed by atoms with van der Waals surface area (Å²) in [5, 5.41) is 3.43. The molecule has 1 atom stereocenters. The van der Waals surface area contributed by atoms with Crippen molar-refractivity contribution in [2.24, 2.45) is 0 Å². The molecular weight excluding hydrogens is 190 g/mol. The fourth-order valence-corrected chi connectivity index (χ4v) is 1.78. The molecule has 1 rings (SSSR count). The molecule has 1 N–H and O–H groups in total. The summed E-state index contributed by atoms with van der Waals surface area (Å²) in [6, 6.07) is 0. The molecule has 1 saturated heterocycles. The number of ether oxygens (including phenoxy) is 2. The lowest BCUT2D eigenvalue weighted by Crippen LogP contribution is -2.32. The van der Waals surface area contributed by atoms with Gasteiger partial charge in [0.15, 0.2) is 0 Å². The molecule has 3 nitrogen and oxygen atoms in total. The largest absolute Gasteiger partial charge is 0.381 e. The maximum absolute atomic E-state index is 5.63. The van der Waals surface area contributed by atoms with Gasteiger partial charge in [0.05, 0.1) is 6.10 Å². The molecule has 0 aromatic carbocycles. The Morgan fingerprint density at radius 1 is 1.33 bits per heavy atom. The van der Waals surface area contributed by atoms with Crippen molar-refractivity contribution in [1.29, 1.82) is 0 Å². The summed E-state index contributed by atoms with van der Waals surface area (Å²) in [4.78, 5) is 0. The minimum Gasteiger partial charge on any atom is -0.381 e. The second-order valence-corrected chi connectivity index (χ2v) is 4.16. The molecule has 1 unspecified atom stereocenters. The Morgan fingerprint density at radius 2 is 2.27 bits per heavy atom. The number of nitrogens with one attached hydrogen (secondary N) is 1. The van der Waals surface area contributed by atoms with E-state index >= 15 is 0 Å². The van der Waals surface area contributed by atoms with Gasteiger partial charge in [0.1, 0.15) is 0 Å². The lowest BCUT2D eigenvalue weighted by molar-refractivity contribution is 0.0167. The zero-order chi connectivity index (χ0) is 10.8. The van der Waals surface area contributed by atoms with Gasteiger partial charge in [-0.2, -0.15) is 0 Å². The van der Waals surface area contributed by atoms with Gasteiger partial charge in [-0.25, -0.2) is 0 Å². The van der Waals surface area contributed by atoms with Crippen LogP contribution in [0.5, 0.6) is 0 Å². The minimum atomic E-state index is 0.454. The summed E-state index contributed by atoms with van der Waals surface area (Å²) in [6.45, 7) is 6.92. The van der Waals surface area contributed by atoms with Crippen LogP contribution in [0.3, 0.4) is 0 Å². The van der Waals surface area contributed by atoms with Gasteiger partial charge in [-0.05, 0) is 38.6 Å². The number of hydrogen-bond donors (Lipinski definition) is 1. The molecule has 1 heterocycles. The first kappa shape index (κ1) is 12.9. The van der Waals surface area contributed by atoms with Crippen LogP contribution in [0.4, 0.5) is 0 Å². The second kappa shape index (κ2) is 9.13. The molecule has 0 bridgehead atoms. The third-order valence-corrected chi connectivity index (χ3v) is 2.64. The fourth-order valence-electron chi connectivity index (χ4n) is 1.78. The van der Waals surface area contributed by atoms with Gasteiger partial charge in [-0.3, -0.25) is 0 Å². The van der Waals surface area contributed by atoms with E-state index in [9.17, 15) is 0 Å². The molecule has 3 heteroatoms. The normalized spacial score (nSPS) is 21.8. The highest BCUT2D eigenvalue weighted by atomic mass is 16.5. The van der Waals surface area contributed by atoms with Gasteiger partial charge in [0.2, 0.25) is 0 Å². The van der Waals surface area contributed by atoms with E-state index in [0.717, 1.165) is 45.8 Å². The first-order valence-corrected chi connectivity index (χ1v) is 6.33. The lowest BCUT2D eigenvalue weighted by Gasteiger charge is -2.22. The summed E-state index contributed by atoms with van der Waals surface area (Å²) < 4.78 is 11.0. The van der Waals surface area contributed by atoms with Crippen molar-refractivity contribution in [2.45, 2.75) is 45.1 Å². The quantitative estimate of drug-likeness (QED) is 0.628. The summed E-state index contributed by atoms with van der Waals surface area (Å²) in [5.41, 5.74) is 0. The molecule has 15 heavy (non-hydrogen) atoms. The van der Waals surface area contributed by atoms with Crippen LogP contribution in [0.2, 0.25) is 0 Å². The molecule has 0 aromatic rings. The first-order valence-electron chi connectivity index (χ1n) is 6.33. The van der Waals surface area contributed by atoms with E-state index in [4.69, 9.17) is 9.47 Å². The SMILES string of the molecule is CCCOCCCNCC1CCCCO1. The molecule has 0 amide bonds. The Morgan fingerprint density at radius 3 is 3.00 bits per heavy atom. The maximum atomic E-state index is 5.63. The van der Waals surface area contributed by atoms with Crippen LogP contribution in [-0.2, 0) is 9.47 Å². The van der Waals surface area contributed by atoms with E-state index < -0.39 is 0 Å². The van der Waals surface area contributed by atoms with Crippen molar-refractivity contribution >= 4 is 0 Å². The van der Waals surface area contributed by atoms with Crippen LogP contribution in [0.25, 0.3) is 0 Å². The van der Waals surface area contributed by atoms with Gasteiger partial charge in [0.25, 0.3) is 0 Å². The molecule has 0 aromatic heterocycles. The Balaban J connectivity index is 1.79. The standard InChI is InChI=1S/C12H25NO2/c1-2-8-14-9-5-7-13-11-12-6-3-4-10-15-12/h12-13H,2-11H2,1H3. The minimum absolute atomic E-state index is 0.454. The van der Waals surface area contributed by atoms with Gasteiger partial charge in [-0.1, -0.05) is 6.92 Å². The molecular formula is C12H25NO2. The highest BCUT2D eigenvalue weighted by Crippen LogP contribution is 2.11. The third kappa shape index (κ3) is 6.88. The molecule has 90 valence electrons. The van der Waals surface area contributed by atoms with Crippen LogP contribution < -0.4 is 5.32 Å². The summed E-state index contributed by atoms with van der Waals surface area (Å²) in [5.74, 6) is 0. The average molecular weight is 215 g/mol. The van der Waals surface area contributed by atoms with Gasteiger partial charge < -0.3 is 14.8 Å². The Hall–Kier alpha value is -0.120. The molecule has 1 aliphatic heterocycles. The van der Waals surface area contributed by atoms with Gasteiger partial charge >= 0.3 is 0 Å². The topological polar surface area (TPSA) is 30.5 Å². The van der Waals surface area contributed by atoms with Crippen LogP contribution in [0, 0.1) is 0 Å². The average Bonchev–Trinajstić information content (AvgIpc) is 2.29. The van der Waals surface area contributed by atoms with Crippen molar-refractivity contribution in [3.05, 3.63) is 0 Å². The van der Waals surface area contributed by atoms with E-state index in [-0.39, 0.29) is 0 Å². The van der Waals surface area contributed by atoms with E-state index in [0.29, 0.717) is 6.10 Å². The molecule has 1 aliphatic rings. The predicted octanol–water partition coefficient (Wildman–Crippen LogP) is 1.96. The number of hydrogen-bond acceptors (Lipinski definition) is 3. The van der Waals surface area contributed by atoms with Crippen LogP contribution in [0.1, 0.15) is 39.0 Å². The van der Waals surface area contributed by atoms with E-state index in [1.54, 1.807) is 0 Å². The van der Waals surface area contributed by atoms with Crippen molar-refractivity contribution in [1.82, 2.24) is 5.32 Å². The second-order valence-electron chi connectivity index (χ2n) is 4.16. The molecule has 0 radical (unpaired) electrons. The Labute approximate surface area is 93.5 Å². The highest BCUT2D eigenvalue weighted by Gasteiger charge is 2.12. The summed E-state index contributed by atoms with van der Waals surface area (Å²) in [6.07, 6.45) is 6.46. The van der Waals surface area contributed by atoms with Gasteiger partial charge in [-0.15, -0.1) is 0 Å². The monoisotopic (exact) mass is 215 g/mol. The first-order chi connectivity index (χ1) is 7.43. The number of rotatable bonds is 8. The van der Waals surface area contributed by atoms with Crippen molar-refractivity contribution in [3.63, 3.8) is 0 Å². The lowest BCUT2D eigenvalue weighted by atomic mass is 10.1. The molecule has 0 saturated carbocycles. The van der Waals surface area contributed by atoms with E-state index in [1.807, 2.05) is 0 Å². The molecule has 0 spiro atoms. The van der Waals surface area contributed by atoms with Crippen molar-refractivity contribution < 1.29 is 9.47 Å². The third-order valence-electron chi connectivity index (χ3n) is 2.64. The Kier molecular flexibility index (Phi) is 7.88. The smallest absolute Gasteiger partial charge is 0.0699 e. The Bertz CT molecular complexity index is 136. The predicted molar refractivity (Wildman–Crippen MR) is 62.2 cm³/mol. The molecule has 1 fully saturated rings. The van der Waals surface area contributed by atoms with Crippen molar-refractivity contribution in [2.75, 3.05) is 32.9 Å². The summed E-state index contributed by atoms with van der Waals surface area (Å²) >= 11 is 0. The van der Waals surface area contributed by atoms with Crippen LogP contribution in [-0.4, -0.2) is 39.0 Å². The summed E-state index contributed by atoms with van der Waals surface area (Å²) in [7, 11) is 0. The highest BCUT2D eigenvalue weighted by molar-refractivity contribution is 4.66. The fraction of sp³-hybridized carbons (Fsp3) is 1.00. The zero-order valence-electron chi connectivity index (χ0n) is 9.96. The van der Waals surface area contributed by atoms with Crippen molar-refractivity contribution in [3.8, 4) is 0 Å². The van der Waals surface area contributed by atoms with Crippen LogP contribution >= 0.6 is 0 Å². The van der Waals surface area contributed by atoms with Crippen LogP contribution in [0.15, 0.2) is 0 Å². The maximum Gasteiger partial charge on any atom is 0.0699 e. The van der Waals surface area contributed by atoms with E-state index in [1.165, 1.54) is 19.3 Å².